The lowest BCUT2D eigenvalue weighted by Crippen LogP contribution is -2.46. The van der Waals surface area contributed by atoms with Gasteiger partial charge in [0.15, 0.2) is 0 Å². The zero-order chi connectivity index (χ0) is 11.3. The highest BCUT2D eigenvalue weighted by Crippen LogP contribution is 2.15. The fraction of sp³-hybridized carbons (Fsp3) is 0.917. The van der Waals surface area contributed by atoms with E-state index in [1.54, 1.807) is 0 Å². The van der Waals surface area contributed by atoms with Crippen molar-refractivity contribution >= 4 is 18.3 Å². The van der Waals surface area contributed by atoms with Crippen molar-refractivity contribution in [3.63, 3.8) is 0 Å². The predicted molar refractivity (Wildman–Crippen MR) is 69.9 cm³/mol. The third-order valence-electron chi connectivity index (χ3n) is 2.87. The van der Waals surface area contributed by atoms with Crippen molar-refractivity contribution < 1.29 is 4.79 Å². The summed E-state index contributed by atoms with van der Waals surface area (Å²) in [4.78, 5) is 13.9. The third-order valence-corrected chi connectivity index (χ3v) is 2.87. The SMILES string of the molecule is CC(C)CC(C)CC(=O)N1CCNCC1.Cl. The second-order valence-corrected chi connectivity index (χ2v) is 5.07. The summed E-state index contributed by atoms with van der Waals surface area (Å²) in [7, 11) is 0. The van der Waals surface area contributed by atoms with Gasteiger partial charge in [-0.25, -0.2) is 0 Å². The Balaban J connectivity index is 0.00000225. The molecule has 1 unspecified atom stereocenters. The first-order chi connectivity index (χ1) is 7.09. The third kappa shape index (κ3) is 5.71. The fourth-order valence-corrected chi connectivity index (χ4v) is 2.23. The highest BCUT2D eigenvalue weighted by atomic mass is 35.5. The minimum atomic E-state index is 0. The highest BCUT2D eigenvalue weighted by molar-refractivity contribution is 5.85. The Morgan fingerprint density at radius 1 is 1.25 bits per heavy atom. The summed E-state index contributed by atoms with van der Waals surface area (Å²) in [5, 5.41) is 3.26. The van der Waals surface area contributed by atoms with Crippen molar-refractivity contribution in [1.29, 1.82) is 0 Å². The van der Waals surface area contributed by atoms with Gasteiger partial charge in [0.1, 0.15) is 0 Å². The summed E-state index contributed by atoms with van der Waals surface area (Å²) in [6.45, 7) is 10.3. The number of rotatable bonds is 4. The molecule has 0 aliphatic carbocycles. The number of carbonyl (C=O) groups excluding carboxylic acids is 1. The van der Waals surface area contributed by atoms with Crippen LogP contribution in [0.4, 0.5) is 0 Å². The first-order valence-electron chi connectivity index (χ1n) is 6.08. The highest BCUT2D eigenvalue weighted by Gasteiger charge is 2.18. The van der Waals surface area contributed by atoms with Gasteiger partial charge in [-0.05, 0) is 18.3 Å². The first-order valence-corrected chi connectivity index (χ1v) is 6.08. The number of nitrogens with zero attached hydrogens (tertiary/aromatic N) is 1. The molecule has 1 atom stereocenters. The summed E-state index contributed by atoms with van der Waals surface area (Å²) in [5.74, 6) is 1.55. The summed E-state index contributed by atoms with van der Waals surface area (Å²) in [6, 6.07) is 0. The maximum Gasteiger partial charge on any atom is 0.222 e. The number of hydrogen-bond donors (Lipinski definition) is 1. The largest absolute Gasteiger partial charge is 0.340 e. The minimum absolute atomic E-state index is 0. The molecule has 1 fully saturated rings. The molecule has 4 heteroatoms. The molecule has 0 saturated carbocycles. The Morgan fingerprint density at radius 2 is 1.81 bits per heavy atom. The molecule has 0 radical (unpaired) electrons. The molecular weight excluding hydrogens is 224 g/mol. The van der Waals surface area contributed by atoms with E-state index in [-0.39, 0.29) is 12.4 Å². The lowest BCUT2D eigenvalue weighted by Gasteiger charge is -2.28. The van der Waals surface area contributed by atoms with Crippen LogP contribution in [0.15, 0.2) is 0 Å². The van der Waals surface area contributed by atoms with Gasteiger partial charge in [0.2, 0.25) is 5.91 Å². The van der Waals surface area contributed by atoms with Gasteiger partial charge < -0.3 is 10.2 Å². The Bertz CT molecular complexity index is 203. The molecule has 0 bridgehead atoms. The number of nitrogens with one attached hydrogen (secondary N) is 1. The van der Waals surface area contributed by atoms with Gasteiger partial charge >= 0.3 is 0 Å². The van der Waals surface area contributed by atoms with E-state index in [1.165, 1.54) is 0 Å². The van der Waals surface area contributed by atoms with Crippen molar-refractivity contribution in [2.75, 3.05) is 26.2 Å². The minimum Gasteiger partial charge on any atom is -0.340 e. The van der Waals surface area contributed by atoms with E-state index in [0.717, 1.165) is 39.0 Å². The Hall–Kier alpha value is -0.280. The maximum absolute atomic E-state index is 11.9. The van der Waals surface area contributed by atoms with E-state index in [2.05, 4.69) is 26.1 Å². The van der Waals surface area contributed by atoms with Crippen LogP contribution in [0, 0.1) is 11.8 Å². The molecule has 0 aromatic carbocycles. The van der Waals surface area contributed by atoms with Gasteiger partial charge in [0, 0.05) is 32.6 Å². The van der Waals surface area contributed by atoms with Crippen LogP contribution in [-0.2, 0) is 4.79 Å². The normalized spacial score (nSPS) is 18.1. The summed E-state index contributed by atoms with van der Waals surface area (Å²) in [6.07, 6.45) is 1.87. The van der Waals surface area contributed by atoms with Gasteiger partial charge in [-0.2, -0.15) is 0 Å². The zero-order valence-corrected chi connectivity index (χ0v) is 11.5. The van der Waals surface area contributed by atoms with Crippen molar-refractivity contribution in [1.82, 2.24) is 10.2 Å². The van der Waals surface area contributed by atoms with Crippen LogP contribution in [0.5, 0.6) is 0 Å². The standard InChI is InChI=1S/C12H24N2O.ClH/c1-10(2)8-11(3)9-12(15)14-6-4-13-5-7-14;/h10-11,13H,4-9H2,1-3H3;1H. The number of carbonyl (C=O) groups is 1. The maximum atomic E-state index is 11.9. The van der Waals surface area contributed by atoms with E-state index in [9.17, 15) is 4.79 Å². The Kier molecular flexibility index (Phi) is 7.77. The molecule has 16 heavy (non-hydrogen) atoms. The lowest BCUT2D eigenvalue weighted by atomic mass is 9.95. The number of halogens is 1. The molecule has 1 saturated heterocycles. The van der Waals surface area contributed by atoms with E-state index < -0.39 is 0 Å². The summed E-state index contributed by atoms with van der Waals surface area (Å²) < 4.78 is 0. The van der Waals surface area contributed by atoms with Crippen LogP contribution < -0.4 is 5.32 Å². The Morgan fingerprint density at radius 3 is 2.31 bits per heavy atom. The molecule has 1 amide bonds. The van der Waals surface area contributed by atoms with Gasteiger partial charge in [-0.15, -0.1) is 12.4 Å². The number of piperazine rings is 1. The van der Waals surface area contributed by atoms with Gasteiger partial charge in [-0.3, -0.25) is 4.79 Å². The van der Waals surface area contributed by atoms with E-state index in [4.69, 9.17) is 0 Å². The van der Waals surface area contributed by atoms with Crippen molar-refractivity contribution in [2.45, 2.75) is 33.6 Å². The monoisotopic (exact) mass is 248 g/mol. The summed E-state index contributed by atoms with van der Waals surface area (Å²) >= 11 is 0. The molecule has 0 aromatic rings. The van der Waals surface area contributed by atoms with Crippen molar-refractivity contribution in [2.24, 2.45) is 11.8 Å². The molecule has 0 spiro atoms. The van der Waals surface area contributed by atoms with Crippen LogP contribution >= 0.6 is 12.4 Å². The van der Waals surface area contributed by atoms with Crippen LogP contribution in [0.2, 0.25) is 0 Å². The van der Waals surface area contributed by atoms with Crippen molar-refractivity contribution in [3.8, 4) is 0 Å². The lowest BCUT2D eigenvalue weighted by molar-refractivity contribution is -0.132. The van der Waals surface area contributed by atoms with E-state index >= 15 is 0 Å². The number of hydrogen-bond acceptors (Lipinski definition) is 2. The molecule has 1 rings (SSSR count). The molecule has 1 heterocycles. The van der Waals surface area contributed by atoms with Crippen LogP contribution in [-0.4, -0.2) is 37.0 Å². The second-order valence-electron chi connectivity index (χ2n) is 5.07. The molecule has 0 aromatic heterocycles. The van der Waals surface area contributed by atoms with E-state index in [0.29, 0.717) is 17.7 Å². The fourth-order valence-electron chi connectivity index (χ4n) is 2.23. The quantitative estimate of drug-likeness (QED) is 0.825. The molecule has 3 nitrogen and oxygen atoms in total. The topological polar surface area (TPSA) is 32.3 Å². The van der Waals surface area contributed by atoms with E-state index in [1.807, 2.05) is 4.90 Å². The number of amides is 1. The Labute approximate surface area is 105 Å². The van der Waals surface area contributed by atoms with Crippen LogP contribution in [0.1, 0.15) is 33.6 Å². The molecule has 1 N–H and O–H groups in total. The average Bonchev–Trinajstić information content (AvgIpc) is 2.17. The predicted octanol–water partition coefficient (Wildman–Crippen LogP) is 1.91. The second kappa shape index (κ2) is 7.91. The van der Waals surface area contributed by atoms with Crippen LogP contribution in [0.25, 0.3) is 0 Å². The average molecular weight is 249 g/mol. The van der Waals surface area contributed by atoms with Crippen molar-refractivity contribution in [3.05, 3.63) is 0 Å². The molecule has 1 aliphatic rings. The van der Waals surface area contributed by atoms with Gasteiger partial charge in [0.25, 0.3) is 0 Å². The first kappa shape index (κ1) is 15.7. The van der Waals surface area contributed by atoms with Gasteiger partial charge in [0.05, 0.1) is 0 Å². The molecule has 1 aliphatic heterocycles. The summed E-state index contributed by atoms with van der Waals surface area (Å²) in [5.41, 5.74) is 0. The molecular formula is C12H25ClN2O. The van der Waals surface area contributed by atoms with Crippen LogP contribution in [0.3, 0.4) is 0 Å². The van der Waals surface area contributed by atoms with Gasteiger partial charge in [-0.1, -0.05) is 20.8 Å². The smallest absolute Gasteiger partial charge is 0.222 e. The molecule has 96 valence electrons. The zero-order valence-electron chi connectivity index (χ0n) is 10.7.